The summed E-state index contributed by atoms with van der Waals surface area (Å²) in [6, 6.07) is 5.77. The molecule has 24 heavy (non-hydrogen) atoms. The lowest BCUT2D eigenvalue weighted by molar-refractivity contribution is 0.162. The minimum absolute atomic E-state index is 0.617. The van der Waals surface area contributed by atoms with Gasteiger partial charge >= 0.3 is 0 Å². The van der Waals surface area contributed by atoms with E-state index in [1.54, 1.807) is 28.4 Å². The summed E-state index contributed by atoms with van der Waals surface area (Å²) in [5.41, 5.74) is 1.04. The van der Waals surface area contributed by atoms with Gasteiger partial charge in [-0.05, 0) is 19.2 Å². The molecule has 1 aromatic rings. The Balaban J connectivity index is 2.44. The van der Waals surface area contributed by atoms with Crippen LogP contribution in [0.4, 0.5) is 0 Å². The lowest BCUT2D eigenvalue weighted by Crippen LogP contribution is -2.41. The number of aliphatic imine (C=N–C) groups is 1. The minimum Gasteiger partial charge on any atom is -0.497 e. The van der Waals surface area contributed by atoms with Crippen LogP contribution in [-0.2, 0) is 11.3 Å². The highest BCUT2D eigenvalue weighted by atomic mass is 16.5. The number of hydrogen-bond acceptors (Lipinski definition) is 5. The van der Waals surface area contributed by atoms with Gasteiger partial charge in [0.2, 0.25) is 0 Å². The second-order valence-corrected chi connectivity index (χ2v) is 5.33. The number of benzene rings is 1. The minimum atomic E-state index is 0.617. The fourth-order valence-electron chi connectivity index (χ4n) is 2.12. The highest BCUT2D eigenvalue weighted by Gasteiger charge is 2.06. The number of methoxy groups -OCH3 is 3. The number of hydrogen-bond donors (Lipinski definition) is 2. The highest BCUT2D eigenvalue weighted by molar-refractivity contribution is 5.79. The Kier molecular flexibility index (Phi) is 9.64. The number of rotatable bonds is 10. The fourth-order valence-corrected chi connectivity index (χ4v) is 2.12. The Bertz CT molecular complexity index is 509. The SMILES string of the molecule is CN=C(NCCN(C)CCOC)NCc1ccc(OC)cc1OC. The normalized spacial score (nSPS) is 11.5. The van der Waals surface area contributed by atoms with Crippen molar-refractivity contribution in [3.8, 4) is 11.5 Å². The second-order valence-electron chi connectivity index (χ2n) is 5.33. The Morgan fingerprint density at radius 1 is 1.12 bits per heavy atom. The molecule has 136 valence electrons. The summed E-state index contributed by atoms with van der Waals surface area (Å²) in [6.45, 7) is 3.98. The third kappa shape index (κ3) is 7.06. The van der Waals surface area contributed by atoms with Gasteiger partial charge < -0.3 is 29.7 Å². The Morgan fingerprint density at radius 3 is 2.54 bits per heavy atom. The van der Waals surface area contributed by atoms with Crippen LogP contribution < -0.4 is 20.1 Å². The average Bonchev–Trinajstić information content (AvgIpc) is 2.62. The first-order chi connectivity index (χ1) is 11.6. The van der Waals surface area contributed by atoms with Crippen LogP contribution in [0.5, 0.6) is 11.5 Å². The number of nitrogens with one attached hydrogen (secondary N) is 2. The van der Waals surface area contributed by atoms with Crippen LogP contribution in [0.3, 0.4) is 0 Å². The molecule has 0 spiro atoms. The molecule has 0 heterocycles. The van der Waals surface area contributed by atoms with E-state index in [-0.39, 0.29) is 0 Å². The molecule has 0 saturated heterocycles. The zero-order valence-corrected chi connectivity index (χ0v) is 15.4. The standard InChI is InChI=1S/C17H30N4O3/c1-18-17(19-8-9-21(2)10-11-22-3)20-13-14-6-7-15(23-4)12-16(14)24-5/h6-7,12H,8-11,13H2,1-5H3,(H2,18,19,20). The Hall–Kier alpha value is -1.99. The molecular formula is C17H30N4O3. The van der Waals surface area contributed by atoms with Crippen LogP contribution in [0.25, 0.3) is 0 Å². The predicted octanol–water partition coefficient (Wildman–Crippen LogP) is 0.947. The van der Waals surface area contributed by atoms with Gasteiger partial charge in [-0.15, -0.1) is 0 Å². The summed E-state index contributed by atoms with van der Waals surface area (Å²) >= 11 is 0. The van der Waals surface area contributed by atoms with E-state index in [4.69, 9.17) is 14.2 Å². The van der Waals surface area contributed by atoms with Crippen molar-refractivity contribution in [2.24, 2.45) is 4.99 Å². The van der Waals surface area contributed by atoms with Crippen molar-refractivity contribution in [2.75, 3.05) is 61.7 Å². The molecule has 0 aliphatic rings. The molecule has 0 fully saturated rings. The van der Waals surface area contributed by atoms with Gasteiger partial charge in [0.25, 0.3) is 0 Å². The molecule has 0 aliphatic heterocycles. The smallest absolute Gasteiger partial charge is 0.191 e. The molecule has 1 aromatic carbocycles. The van der Waals surface area contributed by atoms with E-state index in [1.807, 2.05) is 18.2 Å². The van der Waals surface area contributed by atoms with Crippen molar-refractivity contribution in [1.29, 1.82) is 0 Å². The Labute approximate surface area is 145 Å². The maximum Gasteiger partial charge on any atom is 0.191 e. The lowest BCUT2D eigenvalue weighted by atomic mass is 10.2. The fraction of sp³-hybridized carbons (Fsp3) is 0.588. The van der Waals surface area contributed by atoms with Gasteiger partial charge in [-0.25, -0.2) is 0 Å². The quantitative estimate of drug-likeness (QED) is 0.489. The van der Waals surface area contributed by atoms with E-state index >= 15 is 0 Å². The van der Waals surface area contributed by atoms with Gasteiger partial charge in [0.15, 0.2) is 5.96 Å². The summed E-state index contributed by atoms with van der Waals surface area (Å²) < 4.78 is 15.7. The van der Waals surface area contributed by atoms with Crippen LogP contribution in [0.2, 0.25) is 0 Å². The maximum absolute atomic E-state index is 5.41. The molecule has 0 aromatic heterocycles. The van der Waals surface area contributed by atoms with Gasteiger partial charge in [0.1, 0.15) is 11.5 Å². The summed E-state index contributed by atoms with van der Waals surface area (Å²) in [7, 11) is 8.84. The summed E-state index contributed by atoms with van der Waals surface area (Å²) in [5, 5.41) is 6.59. The first-order valence-electron chi connectivity index (χ1n) is 7.97. The van der Waals surface area contributed by atoms with Crippen molar-refractivity contribution in [2.45, 2.75) is 6.54 Å². The number of nitrogens with zero attached hydrogens (tertiary/aromatic N) is 2. The van der Waals surface area contributed by atoms with Crippen LogP contribution in [0.1, 0.15) is 5.56 Å². The molecule has 0 unspecified atom stereocenters. The molecule has 0 amide bonds. The Morgan fingerprint density at radius 2 is 1.92 bits per heavy atom. The van der Waals surface area contributed by atoms with Crippen molar-refractivity contribution in [3.05, 3.63) is 23.8 Å². The van der Waals surface area contributed by atoms with Crippen LogP contribution >= 0.6 is 0 Å². The van der Waals surface area contributed by atoms with Gasteiger partial charge in [-0.3, -0.25) is 4.99 Å². The third-order valence-corrected chi connectivity index (χ3v) is 3.63. The van der Waals surface area contributed by atoms with Crippen molar-refractivity contribution >= 4 is 5.96 Å². The molecule has 0 saturated carbocycles. The van der Waals surface area contributed by atoms with Crippen LogP contribution in [-0.4, -0.2) is 72.5 Å². The zero-order chi connectivity index (χ0) is 17.8. The zero-order valence-electron chi connectivity index (χ0n) is 15.4. The van der Waals surface area contributed by atoms with E-state index in [0.29, 0.717) is 6.54 Å². The molecule has 1 rings (SSSR count). The van der Waals surface area contributed by atoms with Crippen molar-refractivity contribution in [1.82, 2.24) is 15.5 Å². The van der Waals surface area contributed by atoms with E-state index in [0.717, 1.165) is 49.3 Å². The monoisotopic (exact) mass is 338 g/mol. The molecule has 0 aliphatic carbocycles. The molecule has 7 nitrogen and oxygen atoms in total. The van der Waals surface area contributed by atoms with E-state index in [1.165, 1.54) is 0 Å². The molecule has 7 heteroatoms. The second kappa shape index (κ2) is 11.5. The topological polar surface area (TPSA) is 67.4 Å². The molecule has 0 radical (unpaired) electrons. The molecule has 0 bridgehead atoms. The molecule has 2 N–H and O–H groups in total. The average molecular weight is 338 g/mol. The van der Waals surface area contributed by atoms with Crippen molar-refractivity contribution < 1.29 is 14.2 Å². The van der Waals surface area contributed by atoms with Crippen molar-refractivity contribution in [3.63, 3.8) is 0 Å². The first kappa shape index (κ1) is 20.1. The van der Waals surface area contributed by atoms with Gasteiger partial charge in [-0.2, -0.15) is 0 Å². The summed E-state index contributed by atoms with van der Waals surface area (Å²) in [4.78, 5) is 6.44. The predicted molar refractivity (Wildman–Crippen MR) is 97.1 cm³/mol. The lowest BCUT2D eigenvalue weighted by Gasteiger charge is -2.18. The van der Waals surface area contributed by atoms with E-state index in [9.17, 15) is 0 Å². The molecule has 0 atom stereocenters. The maximum atomic E-state index is 5.41. The molecular weight excluding hydrogens is 308 g/mol. The van der Waals surface area contributed by atoms with E-state index in [2.05, 4.69) is 27.6 Å². The van der Waals surface area contributed by atoms with Crippen LogP contribution in [0, 0.1) is 0 Å². The first-order valence-corrected chi connectivity index (χ1v) is 7.97. The third-order valence-electron chi connectivity index (χ3n) is 3.63. The van der Waals surface area contributed by atoms with Gasteiger partial charge in [0.05, 0.1) is 20.8 Å². The number of likely N-dealkylation sites (N-methyl/N-ethyl adjacent to an activating group) is 1. The number of guanidine groups is 1. The van der Waals surface area contributed by atoms with Gasteiger partial charge in [0, 0.05) is 52.0 Å². The summed E-state index contributed by atoms with van der Waals surface area (Å²) in [5.74, 6) is 2.32. The van der Waals surface area contributed by atoms with E-state index < -0.39 is 0 Å². The summed E-state index contributed by atoms with van der Waals surface area (Å²) in [6.07, 6.45) is 0. The number of ether oxygens (including phenoxy) is 3. The highest BCUT2D eigenvalue weighted by Crippen LogP contribution is 2.24. The largest absolute Gasteiger partial charge is 0.497 e. The van der Waals surface area contributed by atoms with Gasteiger partial charge in [-0.1, -0.05) is 0 Å². The van der Waals surface area contributed by atoms with Crippen LogP contribution in [0.15, 0.2) is 23.2 Å².